The Morgan fingerprint density at radius 2 is 2.11 bits per heavy atom. The number of pyridine rings is 1. The summed E-state index contributed by atoms with van der Waals surface area (Å²) in [6, 6.07) is 7.47. The standard InChI is InChI=1S/C12H10BrFN4O/c13-8-2-3-10(9(14)5-8)17-12(19)7-1-4-11(18-15)16-6-7/h1-6H,15H2,(H,16,18)(H,17,19). The van der Waals surface area contributed by atoms with E-state index in [1.54, 1.807) is 12.1 Å². The Balaban J connectivity index is 2.15. The van der Waals surface area contributed by atoms with Gasteiger partial charge in [0.2, 0.25) is 0 Å². The Hall–Kier alpha value is -1.99. The minimum Gasteiger partial charge on any atom is -0.319 e. The lowest BCUT2D eigenvalue weighted by molar-refractivity contribution is 0.102. The van der Waals surface area contributed by atoms with Crippen LogP contribution in [0.15, 0.2) is 41.0 Å². The average Bonchev–Trinajstić information content (AvgIpc) is 2.42. The summed E-state index contributed by atoms with van der Waals surface area (Å²) in [5.41, 5.74) is 2.76. The van der Waals surface area contributed by atoms with Gasteiger partial charge in [0, 0.05) is 10.7 Å². The average molecular weight is 325 g/mol. The van der Waals surface area contributed by atoms with E-state index >= 15 is 0 Å². The van der Waals surface area contributed by atoms with Gasteiger partial charge in [-0.3, -0.25) is 4.79 Å². The summed E-state index contributed by atoms with van der Waals surface area (Å²) in [5, 5.41) is 2.46. The topological polar surface area (TPSA) is 80.0 Å². The van der Waals surface area contributed by atoms with Crippen LogP contribution in [0.2, 0.25) is 0 Å². The van der Waals surface area contributed by atoms with Crippen molar-refractivity contribution in [3.8, 4) is 0 Å². The van der Waals surface area contributed by atoms with E-state index in [-0.39, 0.29) is 5.69 Å². The van der Waals surface area contributed by atoms with Crippen molar-refractivity contribution < 1.29 is 9.18 Å². The minimum atomic E-state index is -0.518. The first kappa shape index (κ1) is 13.4. The molecule has 1 heterocycles. The Morgan fingerprint density at radius 3 is 2.68 bits per heavy atom. The van der Waals surface area contributed by atoms with E-state index in [0.717, 1.165) is 0 Å². The monoisotopic (exact) mass is 324 g/mol. The number of nitrogen functional groups attached to an aromatic ring is 1. The quantitative estimate of drug-likeness (QED) is 0.598. The molecule has 2 rings (SSSR count). The molecule has 0 radical (unpaired) electrons. The normalized spacial score (nSPS) is 10.1. The molecule has 5 nitrogen and oxygen atoms in total. The first-order valence-electron chi connectivity index (χ1n) is 5.29. The first-order valence-corrected chi connectivity index (χ1v) is 6.08. The molecule has 0 fully saturated rings. The molecule has 0 aliphatic heterocycles. The number of nitrogens with zero attached hydrogens (tertiary/aromatic N) is 1. The summed E-state index contributed by atoms with van der Waals surface area (Å²) in [5.74, 6) is 4.64. The van der Waals surface area contributed by atoms with Gasteiger partial charge in [-0.2, -0.15) is 0 Å². The highest BCUT2D eigenvalue weighted by Gasteiger charge is 2.10. The van der Waals surface area contributed by atoms with Gasteiger partial charge in [-0.1, -0.05) is 15.9 Å². The van der Waals surface area contributed by atoms with Crippen LogP contribution in [-0.2, 0) is 0 Å². The molecule has 4 N–H and O–H groups in total. The van der Waals surface area contributed by atoms with Gasteiger partial charge in [0.25, 0.3) is 5.91 Å². The Labute approximate surface area is 117 Å². The van der Waals surface area contributed by atoms with Crippen molar-refractivity contribution in [3.63, 3.8) is 0 Å². The van der Waals surface area contributed by atoms with E-state index in [9.17, 15) is 9.18 Å². The number of amides is 1. The lowest BCUT2D eigenvalue weighted by Gasteiger charge is -2.07. The van der Waals surface area contributed by atoms with Gasteiger partial charge in [-0.05, 0) is 30.3 Å². The summed E-state index contributed by atoms with van der Waals surface area (Å²) in [6.07, 6.45) is 1.35. The predicted molar refractivity (Wildman–Crippen MR) is 74.1 cm³/mol. The van der Waals surface area contributed by atoms with E-state index in [1.807, 2.05) is 0 Å². The lowest BCUT2D eigenvalue weighted by atomic mass is 10.2. The molecular weight excluding hydrogens is 315 g/mol. The zero-order valence-corrected chi connectivity index (χ0v) is 11.2. The van der Waals surface area contributed by atoms with Crippen LogP contribution < -0.4 is 16.6 Å². The molecule has 0 saturated carbocycles. The number of nitrogens with one attached hydrogen (secondary N) is 2. The molecule has 0 unspecified atom stereocenters. The van der Waals surface area contributed by atoms with Crippen LogP contribution in [0.4, 0.5) is 15.9 Å². The van der Waals surface area contributed by atoms with Crippen molar-refractivity contribution in [2.75, 3.05) is 10.7 Å². The third kappa shape index (κ3) is 3.27. The van der Waals surface area contributed by atoms with Crippen molar-refractivity contribution in [2.45, 2.75) is 0 Å². The van der Waals surface area contributed by atoms with Crippen LogP contribution in [-0.4, -0.2) is 10.9 Å². The summed E-state index contributed by atoms with van der Waals surface area (Å²) < 4.78 is 14.2. The van der Waals surface area contributed by atoms with Crippen LogP contribution in [0.25, 0.3) is 0 Å². The molecule has 1 aromatic carbocycles. The third-order valence-electron chi connectivity index (χ3n) is 2.35. The van der Waals surface area contributed by atoms with Crippen molar-refractivity contribution >= 4 is 33.3 Å². The fourth-order valence-corrected chi connectivity index (χ4v) is 1.73. The molecule has 0 atom stereocenters. The number of carbonyl (C=O) groups is 1. The van der Waals surface area contributed by atoms with E-state index in [4.69, 9.17) is 5.84 Å². The molecular formula is C12H10BrFN4O. The number of halogens is 2. The van der Waals surface area contributed by atoms with Crippen molar-refractivity contribution in [1.82, 2.24) is 4.98 Å². The SMILES string of the molecule is NNc1ccc(C(=O)Nc2ccc(Br)cc2F)cn1. The summed E-state index contributed by atoms with van der Waals surface area (Å²) in [7, 11) is 0. The van der Waals surface area contributed by atoms with Gasteiger partial charge >= 0.3 is 0 Å². The van der Waals surface area contributed by atoms with Gasteiger partial charge < -0.3 is 10.7 Å². The van der Waals surface area contributed by atoms with Crippen LogP contribution in [0, 0.1) is 5.82 Å². The number of rotatable bonds is 3. The molecule has 1 amide bonds. The number of anilines is 2. The van der Waals surface area contributed by atoms with Crippen LogP contribution in [0.5, 0.6) is 0 Å². The minimum absolute atomic E-state index is 0.106. The number of aromatic nitrogens is 1. The van der Waals surface area contributed by atoms with Crippen LogP contribution in [0.3, 0.4) is 0 Å². The van der Waals surface area contributed by atoms with E-state index < -0.39 is 11.7 Å². The number of benzene rings is 1. The zero-order chi connectivity index (χ0) is 13.8. The van der Waals surface area contributed by atoms with Gasteiger partial charge in [-0.15, -0.1) is 0 Å². The van der Waals surface area contributed by atoms with Crippen molar-refractivity contribution in [3.05, 3.63) is 52.4 Å². The molecule has 98 valence electrons. The Bertz CT molecular complexity index is 603. The maximum absolute atomic E-state index is 13.6. The van der Waals surface area contributed by atoms with Crippen molar-refractivity contribution in [2.24, 2.45) is 5.84 Å². The molecule has 0 spiro atoms. The maximum atomic E-state index is 13.6. The Morgan fingerprint density at radius 1 is 1.32 bits per heavy atom. The van der Waals surface area contributed by atoms with Gasteiger partial charge in [0.15, 0.2) is 0 Å². The van der Waals surface area contributed by atoms with E-state index in [1.165, 1.54) is 24.4 Å². The summed E-state index contributed by atoms with van der Waals surface area (Å²) in [4.78, 5) is 15.8. The van der Waals surface area contributed by atoms with Crippen LogP contribution >= 0.6 is 15.9 Å². The predicted octanol–water partition coefficient (Wildman–Crippen LogP) is 2.52. The molecule has 2 aromatic rings. The fraction of sp³-hybridized carbons (Fsp3) is 0. The lowest BCUT2D eigenvalue weighted by Crippen LogP contribution is -2.14. The second kappa shape index (κ2) is 5.77. The fourth-order valence-electron chi connectivity index (χ4n) is 1.40. The second-order valence-corrected chi connectivity index (χ2v) is 4.57. The van der Waals surface area contributed by atoms with Gasteiger partial charge in [0.1, 0.15) is 11.6 Å². The molecule has 7 heteroatoms. The van der Waals surface area contributed by atoms with Gasteiger partial charge in [0.05, 0.1) is 11.3 Å². The number of hydrogen-bond donors (Lipinski definition) is 3. The van der Waals surface area contributed by atoms with E-state index in [0.29, 0.717) is 15.9 Å². The van der Waals surface area contributed by atoms with E-state index in [2.05, 4.69) is 31.7 Å². The number of hydrogen-bond acceptors (Lipinski definition) is 4. The van der Waals surface area contributed by atoms with Crippen LogP contribution in [0.1, 0.15) is 10.4 Å². The second-order valence-electron chi connectivity index (χ2n) is 3.65. The summed E-state index contributed by atoms with van der Waals surface area (Å²) >= 11 is 3.14. The molecule has 19 heavy (non-hydrogen) atoms. The number of carbonyl (C=O) groups excluding carboxylic acids is 1. The molecule has 1 aromatic heterocycles. The van der Waals surface area contributed by atoms with Gasteiger partial charge in [-0.25, -0.2) is 15.2 Å². The smallest absolute Gasteiger partial charge is 0.257 e. The largest absolute Gasteiger partial charge is 0.319 e. The number of nitrogens with two attached hydrogens (primary N) is 1. The zero-order valence-electron chi connectivity index (χ0n) is 9.65. The highest BCUT2D eigenvalue weighted by molar-refractivity contribution is 9.10. The first-order chi connectivity index (χ1) is 9.10. The highest BCUT2D eigenvalue weighted by atomic mass is 79.9. The maximum Gasteiger partial charge on any atom is 0.257 e. The third-order valence-corrected chi connectivity index (χ3v) is 2.85. The Kier molecular flexibility index (Phi) is 4.08. The molecule has 0 aliphatic carbocycles. The molecule has 0 saturated heterocycles. The molecule has 0 bridgehead atoms. The number of hydrazine groups is 1. The van der Waals surface area contributed by atoms with Crippen molar-refractivity contribution in [1.29, 1.82) is 0 Å². The summed E-state index contributed by atoms with van der Waals surface area (Å²) in [6.45, 7) is 0. The molecule has 0 aliphatic rings. The highest BCUT2D eigenvalue weighted by Crippen LogP contribution is 2.20.